The molecule has 0 fully saturated rings. The third-order valence-electron chi connectivity index (χ3n) is 9.97. The van der Waals surface area contributed by atoms with E-state index in [0.717, 1.165) is 60.6 Å². The second-order valence-electron chi connectivity index (χ2n) is 12.8. The van der Waals surface area contributed by atoms with Gasteiger partial charge in [0.25, 0.3) is 0 Å². The lowest BCUT2D eigenvalue weighted by Gasteiger charge is -2.09. The van der Waals surface area contributed by atoms with Crippen molar-refractivity contribution in [3.05, 3.63) is 164 Å². The van der Waals surface area contributed by atoms with Crippen molar-refractivity contribution in [2.75, 3.05) is 0 Å². The highest BCUT2D eigenvalue weighted by molar-refractivity contribution is 7.23. The average molecular weight is 658 g/mol. The Hall–Kier alpha value is -6.43. The summed E-state index contributed by atoms with van der Waals surface area (Å²) in [7, 11) is 0. The summed E-state index contributed by atoms with van der Waals surface area (Å²) in [6, 6.07) is 58.3. The minimum atomic E-state index is 0.887. The van der Waals surface area contributed by atoms with Crippen LogP contribution in [0.3, 0.4) is 0 Å². The Morgan fingerprint density at radius 3 is 2.00 bits per heavy atom. The van der Waals surface area contributed by atoms with Gasteiger partial charge in [-0.2, -0.15) is 0 Å². The van der Waals surface area contributed by atoms with Crippen molar-refractivity contribution in [2.45, 2.75) is 0 Å². The molecule has 4 heterocycles. The second-order valence-corrected chi connectivity index (χ2v) is 13.8. The number of furan rings is 1. The van der Waals surface area contributed by atoms with E-state index in [9.17, 15) is 0 Å². The maximum absolute atomic E-state index is 6.21. The summed E-state index contributed by atoms with van der Waals surface area (Å²) in [6.07, 6.45) is 0. The fourth-order valence-corrected chi connectivity index (χ4v) is 8.70. The minimum absolute atomic E-state index is 0.887. The Bertz CT molecular complexity index is 3090. The van der Waals surface area contributed by atoms with E-state index in [1.54, 1.807) is 11.3 Å². The van der Waals surface area contributed by atoms with Gasteiger partial charge in [-0.3, -0.25) is 4.40 Å². The molecule has 234 valence electrons. The van der Waals surface area contributed by atoms with Crippen LogP contribution in [0.15, 0.2) is 168 Å². The SMILES string of the molecule is c1ccc(-c2nc3sc4ccc(-c5ccc6c(c5)c5ccccc5n6-c5ccccc5)cc4n3c2-c2ccc3oc4ccccc4c3c2)cc1. The van der Waals surface area contributed by atoms with Crippen molar-refractivity contribution >= 4 is 70.3 Å². The predicted molar refractivity (Wildman–Crippen MR) is 208 cm³/mol. The summed E-state index contributed by atoms with van der Waals surface area (Å²) in [6.45, 7) is 0. The number of rotatable bonds is 4. The molecule has 7 aromatic carbocycles. The van der Waals surface area contributed by atoms with E-state index in [4.69, 9.17) is 9.40 Å². The molecule has 4 nitrogen and oxygen atoms in total. The third kappa shape index (κ3) is 4.01. The van der Waals surface area contributed by atoms with E-state index in [2.05, 4.69) is 161 Å². The molecule has 0 saturated heterocycles. The van der Waals surface area contributed by atoms with Gasteiger partial charge in [-0.1, -0.05) is 108 Å². The van der Waals surface area contributed by atoms with Crippen LogP contribution in [0.1, 0.15) is 0 Å². The van der Waals surface area contributed by atoms with Crippen LogP contribution in [-0.2, 0) is 0 Å². The summed E-state index contributed by atoms with van der Waals surface area (Å²) in [4.78, 5) is 6.27. The van der Waals surface area contributed by atoms with Gasteiger partial charge in [0, 0.05) is 38.4 Å². The molecule has 11 rings (SSSR count). The second kappa shape index (κ2) is 10.5. The summed E-state index contributed by atoms with van der Waals surface area (Å²) in [5, 5.41) is 4.72. The van der Waals surface area contributed by atoms with Gasteiger partial charge in [-0.15, -0.1) is 0 Å². The quantitative estimate of drug-likeness (QED) is 0.189. The molecule has 0 amide bonds. The van der Waals surface area contributed by atoms with Crippen LogP contribution < -0.4 is 0 Å². The summed E-state index contributed by atoms with van der Waals surface area (Å²) < 4.78 is 12.1. The highest BCUT2D eigenvalue weighted by Crippen LogP contribution is 2.42. The minimum Gasteiger partial charge on any atom is -0.456 e. The van der Waals surface area contributed by atoms with Gasteiger partial charge in [0.2, 0.25) is 0 Å². The number of imidazole rings is 1. The first-order valence-corrected chi connectivity index (χ1v) is 17.6. The van der Waals surface area contributed by atoms with Crippen molar-refractivity contribution in [2.24, 2.45) is 0 Å². The lowest BCUT2D eigenvalue weighted by molar-refractivity contribution is 0.669. The van der Waals surface area contributed by atoms with Crippen LogP contribution in [-0.4, -0.2) is 14.0 Å². The van der Waals surface area contributed by atoms with Crippen LogP contribution in [0.25, 0.3) is 98.3 Å². The lowest BCUT2D eigenvalue weighted by Crippen LogP contribution is -1.92. The number of benzene rings is 7. The van der Waals surface area contributed by atoms with E-state index < -0.39 is 0 Å². The van der Waals surface area contributed by atoms with Crippen molar-refractivity contribution < 1.29 is 4.42 Å². The predicted octanol–water partition coefficient (Wildman–Crippen LogP) is 12.5. The number of nitrogens with zero attached hydrogens (tertiary/aromatic N) is 3. The highest BCUT2D eigenvalue weighted by Gasteiger charge is 2.22. The topological polar surface area (TPSA) is 35.4 Å². The van der Waals surface area contributed by atoms with E-state index in [-0.39, 0.29) is 0 Å². The molecule has 0 saturated carbocycles. The smallest absolute Gasteiger partial charge is 0.195 e. The van der Waals surface area contributed by atoms with Crippen molar-refractivity contribution in [3.8, 4) is 39.3 Å². The summed E-state index contributed by atoms with van der Waals surface area (Å²) >= 11 is 1.73. The van der Waals surface area contributed by atoms with Gasteiger partial charge in [0.05, 0.1) is 32.6 Å². The summed E-state index contributed by atoms with van der Waals surface area (Å²) in [5.41, 5.74) is 13.1. The molecule has 0 aliphatic heterocycles. The van der Waals surface area contributed by atoms with E-state index in [1.165, 1.54) is 37.6 Å². The molecule has 0 radical (unpaired) electrons. The molecule has 11 aromatic rings. The first-order valence-electron chi connectivity index (χ1n) is 16.8. The van der Waals surface area contributed by atoms with Crippen molar-refractivity contribution in [1.82, 2.24) is 14.0 Å². The molecule has 0 spiro atoms. The molecule has 5 heteroatoms. The van der Waals surface area contributed by atoms with Gasteiger partial charge in [0.1, 0.15) is 11.2 Å². The molecule has 0 bridgehead atoms. The average Bonchev–Trinajstić information content (AvgIpc) is 3.92. The van der Waals surface area contributed by atoms with Crippen LogP contribution >= 0.6 is 11.3 Å². The normalized spacial score (nSPS) is 12.0. The Morgan fingerprint density at radius 1 is 0.460 bits per heavy atom. The number of hydrogen-bond donors (Lipinski definition) is 0. The fourth-order valence-electron chi connectivity index (χ4n) is 7.69. The van der Waals surface area contributed by atoms with E-state index in [1.807, 2.05) is 12.1 Å². The maximum Gasteiger partial charge on any atom is 0.195 e. The molecule has 0 aliphatic rings. The first-order chi connectivity index (χ1) is 24.8. The van der Waals surface area contributed by atoms with Gasteiger partial charge in [0.15, 0.2) is 4.96 Å². The Kier molecular flexibility index (Phi) is 5.80. The molecule has 4 aromatic heterocycles. The fraction of sp³-hybridized carbons (Fsp3) is 0. The largest absolute Gasteiger partial charge is 0.456 e. The molecule has 50 heavy (non-hydrogen) atoms. The highest BCUT2D eigenvalue weighted by atomic mass is 32.1. The zero-order valence-corrected chi connectivity index (χ0v) is 27.6. The standard InChI is InChI=1S/C45H27N3OS/c1-3-11-28(12-4-1)43-44(31-20-23-41-36(26-31)34-16-8-10-18-40(34)49-41)48-39-27-30(21-24-42(39)50-45(48)46-43)29-19-22-38-35(25-29)33-15-7-9-17-37(33)47(38)32-13-5-2-6-14-32/h1-27H. The number of para-hydroxylation sites is 3. The van der Waals surface area contributed by atoms with Crippen molar-refractivity contribution in [3.63, 3.8) is 0 Å². The first kappa shape index (κ1) is 27.5. The van der Waals surface area contributed by atoms with E-state index >= 15 is 0 Å². The number of fused-ring (bicyclic) bond motifs is 9. The molecule has 0 aliphatic carbocycles. The Labute approximate surface area is 290 Å². The van der Waals surface area contributed by atoms with Gasteiger partial charge >= 0.3 is 0 Å². The molecule has 0 N–H and O–H groups in total. The molecule has 0 unspecified atom stereocenters. The van der Waals surface area contributed by atoms with Gasteiger partial charge < -0.3 is 8.98 Å². The Morgan fingerprint density at radius 2 is 1.12 bits per heavy atom. The number of thiazole rings is 1. The van der Waals surface area contributed by atoms with Crippen LogP contribution in [0.5, 0.6) is 0 Å². The molecular formula is C45H27N3OS. The van der Waals surface area contributed by atoms with Crippen LogP contribution in [0.4, 0.5) is 0 Å². The zero-order chi connectivity index (χ0) is 32.8. The van der Waals surface area contributed by atoms with Crippen molar-refractivity contribution in [1.29, 1.82) is 0 Å². The monoisotopic (exact) mass is 657 g/mol. The van der Waals surface area contributed by atoms with Crippen LogP contribution in [0, 0.1) is 0 Å². The van der Waals surface area contributed by atoms with E-state index in [0.29, 0.717) is 0 Å². The Balaban J connectivity index is 1.14. The molecule has 0 atom stereocenters. The van der Waals surface area contributed by atoms with Gasteiger partial charge in [-0.05, 0) is 77.9 Å². The number of aromatic nitrogens is 3. The maximum atomic E-state index is 6.21. The number of hydrogen-bond acceptors (Lipinski definition) is 3. The summed E-state index contributed by atoms with van der Waals surface area (Å²) in [5.74, 6) is 0. The third-order valence-corrected chi connectivity index (χ3v) is 11.0. The molecular weight excluding hydrogens is 631 g/mol. The lowest BCUT2D eigenvalue weighted by atomic mass is 10.0. The van der Waals surface area contributed by atoms with Gasteiger partial charge in [-0.25, -0.2) is 4.98 Å². The van der Waals surface area contributed by atoms with Crippen LogP contribution in [0.2, 0.25) is 0 Å². The zero-order valence-electron chi connectivity index (χ0n) is 26.7.